The number of benzene rings is 1. The van der Waals surface area contributed by atoms with Gasteiger partial charge in [0.05, 0.1) is 24.2 Å². The standard InChI is InChI=1S/C31H35FN6O2/c1-21(32)29(39)38-17-16-37(19-23(38)11-14-33)28-25-10-13-31(12-9-22-6-3-4-8-26(22)31)18-27(25)34-30(35-28)40-20-24-7-5-15-36(24)2/h3-4,6,8-9,12,23-24H,1,5,7,10-11,13,15-20H2,2H3/t23-,24-,31+/m0/s1. The maximum atomic E-state index is 13.8. The van der Waals surface area contributed by atoms with Crippen LogP contribution in [0.5, 0.6) is 6.01 Å². The Hall–Kier alpha value is -3.77. The molecule has 1 aromatic heterocycles. The quantitative estimate of drug-likeness (QED) is 0.513. The number of aromatic nitrogens is 2. The molecule has 3 atom stereocenters. The predicted molar refractivity (Wildman–Crippen MR) is 151 cm³/mol. The Morgan fingerprint density at radius 1 is 1.25 bits per heavy atom. The van der Waals surface area contributed by atoms with Gasteiger partial charge in [0.15, 0.2) is 5.83 Å². The topological polar surface area (TPSA) is 85.6 Å². The SMILES string of the molecule is C=C(F)C(=O)N1CCN(c2nc(OC[C@@H]3CCCN3C)nc3c2CC[C@]2(C=Cc4ccccc42)C3)C[C@@H]1CC#N. The van der Waals surface area contributed by atoms with Crippen molar-refractivity contribution in [1.29, 1.82) is 5.26 Å². The Kier molecular flexibility index (Phi) is 7.05. The fourth-order valence-corrected chi connectivity index (χ4v) is 6.88. The van der Waals surface area contributed by atoms with Gasteiger partial charge in [0, 0.05) is 43.1 Å². The van der Waals surface area contributed by atoms with E-state index < -0.39 is 17.8 Å². The van der Waals surface area contributed by atoms with Gasteiger partial charge in [-0.3, -0.25) is 4.79 Å². The number of nitriles is 1. The summed E-state index contributed by atoms with van der Waals surface area (Å²) >= 11 is 0. The number of piperazine rings is 1. The van der Waals surface area contributed by atoms with Gasteiger partial charge in [-0.1, -0.05) is 43.0 Å². The number of hydrogen-bond donors (Lipinski definition) is 0. The lowest BCUT2D eigenvalue weighted by Gasteiger charge is -2.42. The second kappa shape index (κ2) is 10.7. The van der Waals surface area contributed by atoms with Gasteiger partial charge in [0.1, 0.15) is 12.4 Å². The third-order valence-electron chi connectivity index (χ3n) is 9.11. The number of allylic oxidation sites excluding steroid dienone is 1. The van der Waals surface area contributed by atoms with E-state index >= 15 is 0 Å². The molecule has 9 heteroatoms. The van der Waals surface area contributed by atoms with E-state index in [1.54, 1.807) is 0 Å². The van der Waals surface area contributed by atoms with E-state index in [1.165, 1.54) is 16.0 Å². The van der Waals surface area contributed by atoms with Gasteiger partial charge in [-0.15, -0.1) is 0 Å². The first-order chi connectivity index (χ1) is 19.4. The highest BCUT2D eigenvalue weighted by Gasteiger charge is 2.41. The van der Waals surface area contributed by atoms with Crippen LogP contribution in [-0.2, 0) is 23.1 Å². The zero-order valence-electron chi connectivity index (χ0n) is 23.0. The first kappa shape index (κ1) is 26.5. The minimum absolute atomic E-state index is 0.102. The van der Waals surface area contributed by atoms with Crippen LogP contribution in [0.4, 0.5) is 10.2 Å². The molecule has 2 aliphatic heterocycles. The molecule has 1 amide bonds. The average Bonchev–Trinajstić information content (AvgIpc) is 3.54. The van der Waals surface area contributed by atoms with E-state index in [0.29, 0.717) is 31.7 Å². The zero-order valence-corrected chi connectivity index (χ0v) is 23.0. The monoisotopic (exact) mass is 542 g/mol. The minimum atomic E-state index is -1.00. The van der Waals surface area contributed by atoms with Gasteiger partial charge in [-0.05, 0) is 50.4 Å². The van der Waals surface area contributed by atoms with Crippen molar-refractivity contribution in [3.63, 3.8) is 0 Å². The minimum Gasteiger partial charge on any atom is -0.462 e. The van der Waals surface area contributed by atoms with Crippen molar-refractivity contribution in [2.24, 2.45) is 0 Å². The van der Waals surface area contributed by atoms with Crippen LogP contribution in [0.1, 0.15) is 48.1 Å². The molecule has 1 aromatic carbocycles. The highest BCUT2D eigenvalue weighted by atomic mass is 19.1. The highest BCUT2D eigenvalue weighted by Crippen LogP contribution is 2.46. The number of carbonyl (C=O) groups excluding carboxylic acids is 1. The molecular formula is C31H35FN6O2. The fraction of sp³-hybridized carbons (Fsp3) is 0.484. The van der Waals surface area contributed by atoms with Gasteiger partial charge in [-0.25, -0.2) is 4.39 Å². The second-order valence-electron chi connectivity index (χ2n) is 11.5. The summed E-state index contributed by atoms with van der Waals surface area (Å²) in [6.07, 6.45) is 9.40. The lowest BCUT2D eigenvalue weighted by molar-refractivity contribution is -0.131. The summed E-state index contributed by atoms with van der Waals surface area (Å²) in [7, 11) is 2.12. The van der Waals surface area contributed by atoms with Gasteiger partial charge >= 0.3 is 6.01 Å². The van der Waals surface area contributed by atoms with E-state index in [1.807, 2.05) is 0 Å². The van der Waals surface area contributed by atoms with E-state index in [9.17, 15) is 14.4 Å². The summed E-state index contributed by atoms with van der Waals surface area (Å²) in [6.45, 7) is 5.92. The number of carbonyl (C=O) groups is 1. The lowest BCUT2D eigenvalue weighted by Crippen LogP contribution is -2.55. The first-order valence-electron chi connectivity index (χ1n) is 14.2. The average molecular weight is 543 g/mol. The molecule has 1 spiro atoms. The summed E-state index contributed by atoms with van der Waals surface area (Å²) in [5, 5.41) is 9.46. The molecule has 2 saturated heterocycles. The van der Waals surface area contributed by atoms with E-state index in [4.69, 9.17) is 14.7 Å². The summed E-state index contributed by atoms with van der Waals surface area (Å²) in [6, 6.07) is 11.0. The zero-order chi connectivity index (χ0) is 27.9. The number of fused-ring (bicyclic) bond motifs is 3. The molecule has 2 aromatic rings. The molecule has 4 aliphatic rings. The third-order valence-corrected chi connectivity index (χ3v) is 9.11. The molecule has 0 bridgehead atoms. The van der Waals surface area contributed by atoms with Crippen molar-refractivity contribution in [3.8, 4) is 12.1 Å². The number of ether oxygens (including phenoxy) is 1. The number of likely N-dealkylation sites (tertiary alicyclic amines) is 1. The Balaban J connectivity index is 1.33. The molecule has 0 N–H and O–H groups in total. The molecule has 3 heterocycles. The summed E-state index contributed by atoms with van der Waals surface area (Å²) < 4.78 is 20.0. The van der Waals surface area contributed by atoms with Crippen LogP contribution in [0.2, 0.25) is 0 Å². The largest absolute Gasteiger partial charge is 0.462 e. The number of hydrogen-bond acceptors (Lipinski definition) is 7. The third kappa shape index (κ3) is 4.75. The number of nitrogens with zero attached hydrogens (tertiary/aromatic N) is 6. The number of amides is 1. The number of anilines is 1. The van der Waals surface area contributed by atoms with Crippen LogP contribution >= 0.6 is 0 Å². The molecule has 6 rings (SSSR count). The molecule has 2 fully saturated rings. The van der Waals surface area contributed by atoms with E-state index in [0.717, 1.165) is 55.7 Å². The molecule has 0 radical (unpaired) electrons. The van der Waals surface area contributed by atoms with Crippen LogP contribution in [0, 0.1) is 11.3 Å². The Labute approximate surface area is 234 Å². The Morgan fingerprint density at radius 3 is 2.88 bits per heavy atom. The van der Waals surface area contributed by atoms with E-state index in [2.05, 4.69) is 65.9 Å². The van der Waals surface area contributed by atoms with Crippen molar-refractivity contribution < 1.29 is 13.9 Å². The molecule has 8 nitrogen and oxygen atoms in total. The van der Waals surface area contributed by atoms with Gasteiger partial charge < -0.3 is 19.4 Å². The van der Waals surface area contributed by atoms with Crippen molar-refractivity contribution in [1.82, 2.24) is 19.8 Å². The van der Waals surface area contributed by atoms with Crippen LogP contribution in [0.3, 0.4) is 0 Å². The number of halogens is 1. The van der Waals surface area contributed by atoms with Crippen LogP contribution in [0.15, 0.2) is 42.7 Å². The van der Waals surface area contributed by atoms with Crippen LogP contribution < -0.4 is 9.64 Å². The Morgan fingerprint density at radius 2 is 2.10 bits per heavy atom. The van der Waals surface area contributed by atoms with Gasteiger partial charge in [0.25, 0.3) is 5.91 Å². The van der Waals surface area contributed by atoms with Gasteiger partial charge in [0.2, 0.25) is 0 Å². The van der Waals surface area contributed by atoms with Crippen LogP contribution in [0.25, 0.3) is 6.08 Å². The van der Waals surface area contributed by atoms with Gasteiger partial charge in [-0.2, -0.15) is 15.2 Å². The predicted octanol–water partition coefficient (Wildman–Crippen LogP) is 3.82. The van der Waals surface area contributed by atoms with Crippen LogP contribution in [-0.4, -0.2) is 77.6 Å². The second-order valence-corrected chi connectivity index (χ2v) is 11.5. The lowest BCUT2D eigenvalue weighted by atomic mass is 9.70. The van der Waals surface area contributed by atoms with Crippen molar-refractivity contribution in [2.75, 3.05) is 44.7 Å². The number of likely N-dealkylation sites (N-methyl/N-ethyl adjacent to an activating group) is 1. The summed E-state index contributed by atoms with van der Waals surface area (Å²) in [5.41, 5.74) is 4.58. The first-order valence-corrected chi connectivity index (χ1v) is 14.2. The normalized spacial score (nSPS) is 25.5. The molecule has 40 heavy (non-hydrogen) atoms. The number of rotatable bonds is 6. The molecule has 208 valence electrons. The highest BCUT2D eigenvalue weighted by molar-refractivity contribution is 5.91. The smallest absolute Gasteiger partial charge is 0.318 e. The molecule has 2 aliphatic carbocycles. The van der Waals surface area contributed by atoms with E-state index in [-0.39, 0.29) is 18.4 Å². The van der Waals surface area contributed by atoms with Crippen molar-refractivity contribution >= 4 is 17.8 Å². The van der Waals surface area contributed by atoms with Crippen molar-refractivity contribution in [3.05, 3.63) is 65.1 Å². The van der Waals surface area contributed by atoms with Crippen molar-refractivity contribution in [2.45, 2.75) is 56.0 Å². The molecule has 0 saturated carbocycles. The molecule has 0 unspecified atom stereocenters. The maximum absolute atomic E-state index is 13.8. The maximum Gasteiger partial charge on any atom is 0.318 e. The molecular weight excluding hydrogens is 507 g/mol. The Bertz CT molecular complexity index is 1400. The fourth-order valence-electron chi connectivity index (χ4n) is 6.88. The summed E-state index contributed by atoms with van der Waals surface area (Å²) in [4.78, 5) is 28.2. The summed E-state index contributed by atoms with van der Waals surface area (Å²) in [5.74, 6) is -0.944.